The molecule has 0 aliphatic rings. The Balaban J connectivity index is 3.27. The fourth-order valence-electron chi connectivity index (χ4n) is 2.10. The Kier molecular flexibility index (Phi) is 8.37. The summed E-state index contributed by atoms with van der Waals surface area (Å²) in [6.45, 7) is 6.58. The van der Waals surface area contributed by atoms with Crippen LogP contribution in [0, 0.1) is 0 Å². The maximum atomic E-state index is 12.5. The molecular formula is C18H26N2O7. The normalized spacial score (nSPS) is 11.6. The van der Waals surface area contributed by atoms with Crippen LogP contribution in [0.5, 0.6) is 5.75 Å². The molecule has 0 heterocycles. The number of amides is 2. The molecule has 1 unspecified atom stereocenters. The molecule has 1 N–H and O–H groups in total. The summed E-state index contributed by atoms with van der Waals surface area (Å²) < 4.78 is 20.0. The van der Waals surface area contributed by atoms with Crippen LogP contribution in [0.2, 0.25) is 0 Å². The van der Waals surface area contributed by atoms with E-state index < -0.39 is 36.4 Å². The molecule has 27 heavy (non-hydrogen) atoms. The Bertz CT molecular complexity index is 644. The molecule has 2 amide bonds. The van der Waals surface area contributed by atoms with E-state index in [1.807, 2.05) is 0 Å². The average molecular weight is 382 g/mol. The SMILES string of the molecule is COC(=O)C(c1ccc(OC)cc1)N(NC(=O)OC(C)C)C(=O)OC(C)C. The van der Waals surface area contributed by atoms with Gasteiger partial charge in [-0.25, -0.2) is 19.8 Å². The highest BCUT2D eigenvalue weighted by Gasteiger charge is 2.36. The Hall–Kier alpha value is -2.97. The van der Waals surface area contributed by atoms with Crippen LogP contribution < -0.4 is 10.2 Å². The molecule has 0 saturated heterocycles. The molecule has 0 aliphatic carbocycles. The van der Waals surface area contributed by atoms with E-state index in [2.05, 4.69) is 5.43 Å². The summed E-state index contributed by atoms with van der Waals surface area (Å²) in [6, 6.07) is 5.09. The predicted molar refractivity (Wildman–Crippen MR) is 96.0 cm³/mol. The van der Waals surface area contributed by atoms with Gasteiger partial charge in [-0.1, -0.05) is 12.1 Å². The zero-order valence-corrected chi connectivity index (χ0v) is 16.3. The van der Waals surface area contributed by atoms with Gasteiger partial charge in [0, 0.05) is 0 Å². The summed E-state index contributed by atoms with van der Waals surface area (Å²) in [7, 11) is 2.68. The molecule has 1 rings (SSSR count). The van der Waals surface area contributed by atoms with Crippen LogP contribution in [0.1, 0.15) is 39.3 Å². The minimum Gasteiger partial charge on any atom is -0.497 e. The number of nitrogens with zero attached hydrogens (tertiary/aromatic N) is 1. The van der Waals surface area contributed by atoms with Crippen molar-refractivity contribution in [2.75, 3.05) is 14.2 Å². The summed E-state index contributed by atoms with van der Waals surface area (Å²) in [5.41, 5.74) is 2.64. The van der Waals surface area contributed by atoms with Gasteiger partial charge < -0.3 is 18.9 Å². The second kappa shape index (κ2) is 10.2. The van der Waals surface area contributed by atoms with E-state index in [9.17, 15) is 14.4 Å². The van der Waals surface area contributed by atoms with E-state index in [0.717, 1.165) is 5.01 Å². The lowest BCUT2D eigenvalue weighted by Gasteiger charge is -2.30. The zero-order chi connectivity index (χ0) is 20.6. The molecule has 0 bridgehead atoms. The lowest BCUT2D eigenvalue weighted by atomic mass is 10.1. The lowest BCUT2D eigenvalue weighted by Crippen LogP contribution is -2.51. The summed E-state index contributed by atoms with van der Waals surface area (Å²) in [5, 5.41) is 0.748. The third kappa shape index (κ3) is 6.69. The van der Waals surface area contributed by atoms with Crippen molar-refractivity contribution in [2.24, 2.45) is 0 Å². The third-order valence-corrected chi connectivity index (χ3v) is 3.20. The summed E-state index contributed by atoms with van der Waals surface area (Å²) in [6.07, 6.45) is -2.74. The smallest absolute Gasteiger partial charge is 0.430 e. The molecule has 1 aromatic carbocycles. The molecule has 0 fully saturated rings. The van der Waals surface area contributed by atoms with Crippen molar-refractivity contribution in [3.8, 4) is 5.75 Å². The van der Waals surface area contributed by atoms with E-state index in [4.69, 9.17) is 18.9 Å². The van der Waals surface area contributed by atoms with Crippen LogP contribution in [0.25, 0.3) is 0 Å². The lowest BCUT2D eigenvalue weighted by molar-refractivity contribution is -0.147. The van der Waals surface area contributed by atoms with Gasteiger partial charge >= 0.3 is 18.2 Å². The summed E-state index contributed by atoms with van der Waals surface area (Å²) in [4.78, 5) is 37.0. The number of carbonyl (C=O) groups excluding carboxylic acids is 3. The van der Waals surface area contributed by atoms with Crippen LogP contribution >= 0.6 is 0 Å². The fraction of sp³-hybridized carbons (Fsp3) is 0.500. The summed E-state index contributed by atoms with van der Waals surface area (Å²) >= 11 is 0. The number of nitrogens with one attached hydrogen (secondary N) is 1. The molecule has 1 aromatic rings. The first-order valence-electron chi connectivity index (χ1n) is 8.38. The van der Waals surface area contributed by atoms with Gasteiger partial charge in [0.2, 0.25) is 0 Å². The van der Waals surface area contributed by atoms with Crippen LogP contribution in [-0.4, -0.2) is 49.6 Å². The molecule has 0 aliphatic heterocycles. The maximum absolute atomic E-state index is 12.5. The minimum absolute atomic E-state index is 0.383. The highest BCUT2D eigenvalue weighted by Crippen LogP contribution is 2.24. The van der Waals surface area contributed by atoms with Crippen molar-refractivity contribution >= 4 is 18.2 Å². The van der Waals surface area contributed by atoms with Gasteiger partial charge in [0.25, 0.3) is 0 Å². The first kappa shape index (κ1) is 22.1. The third-order valence-electron chi connectivity index (χ3n) is 3.20. The second-order valence-electron chi connectivity index (χ2n) is 6.07. The number of hydrogen-bond donors (Lipinski definition) is 1. The topological polar surface area (TPSA) is 103 Å². The molecule has 0 radical (unpaired) electrons. The van der Waals surface area contributed by atoms with Gasteiger partial charge in [-0.3, -0.25) is 0 Å². The van der Waals surface area contributed by atoms with Gasteiger partial charge in [0.1, 0.15) is 5.75 Å². The number of methoxy groups -OCH3 is 2. The number of ether oxygens (including phenoxy) is 4. The van der Waals surface area contributed by atoms with Gasteiger partial charge in [-0.2, -0.15) is 5.01 Å². The molecule has 9 heteroatoms. The molecule has 0 aromatic heterocycles. The Morgan fingerprint density at radius 3 is 1.93 bits per heavy atom. The molecule has 9 nitrogen and oxygen atoms in total. The van der Waals surface area contributed by atoms with Crippen molar-refractivity contribution in [3.05, 3.63) is 29.8 Å². The number of hydrazine groups is 1. The van der Waals surface area contributed by atoms with Crippen molar-refractivity contribution in [1.29, 1.82) is 0 Å². The highest BCUT2D eigenvalue weighted by molar-refractivity contribution is 5.84. The van der Waals surface area contributed by atoms with Crippen LogP contribution in [0.3, 0.4) is 0 Å². The maximum Gasteiger partial charge on any atom is 0.430 e. The van der Waals surface area contributed by atoms with Crippen LogP contribution in [-0.2, 0) is 19.0 Å². The van der Waals surface area contributed by atoms with E-state index >= 15 is 0 Å². The Labute approximate surface area is 158 Å². The van der Waals surface area contributed by atoms with Crippen molar-refractivity contribution in [1.82, 2.24) is 10.4 Å². The van der Waals surface area contributed by atoms with Gasteiger partial charge in [-0.05, 0) is 45.4 Å². The number of carbonyl (C=O) groups is 3. The highest BCUT2D eigenvalue weighted by atomic mass is 16.6. The quantitative estimate of drug-likeness (QED) is 0.458. The fourth-order valence-corrected chi connectivity index (χ4v) is 2.10. The number of rotatable bonds is 6. The van der Waals surface area contributed by atoms with Crippen molar-refractivity contribution < 1.29 is 33.3 Å². The van der Waals surface area contributed by atoms with Gasteiger partial charge in [0.15, 0.2) is 6.04 Å². The standard InChI is InChI=1S/C18H26N2O7/c1-11(2)26-17(22)19-20(18(23)27-12(3)4)15(16(21)25-6)13-7-9-14(24-5)10-8-13/h7-12,15H,1-6H3,(H,19,22). The molecule has 0 spiro atoms. The average Bonchev–Trinajstić information content (AvgIpc) is 2.60. The van der Waals surface area contributed by atoms with E-state index in [0.29, 0.717) is 11.3 Å². The number of hydrogen-bond acceptors (Lipinski definition) is 7. The monoisotopic (exact) mass is 382 g/mol. The van der Waals surface area contributed by atoms with Crippen molar-refractivity contribution in [2.45, 2.75) is 45.9 Å². The second-order valence-corrected chi connectivity index (χ2v) is 6.07. The zero-order valence-electron chi connectivity index (χ0n) is 16.3. The van der Waals surface area contributed by atoms with E-state index in [1.54, 1.807) is 52.0 Å². The Morgan fingerprint density at radius 1 is 0.926 bits per heavy atom. The largest absolute Gasteiger partial charge is 0.497 e. The Morgan fingerprint density at radius 2 is 1.48 bits per heavy atom. The molecule has 0 saturated carbocycles. The van der Waals surface area contributed by atoms with Crippen molar-refractivity contribution in [3.63, 3.8) is 0 Å². The summed E-state index contributed by atoms with van der Waals surface area (Å²) in [5.74, 6) is -0.212. The van der Waals surface area contributed by atoms with Gasteiger partial charge in [0.05, 0.1) is 26.4 Å². The predicted octanol–water partition coefficient (Wildman–Crippen LogP) is 2.81. The minimum atomic E-state index is -1.29. The molecule has 1 atom stereocenters. The molecule has 150 valence electrons. The van der Waals surface area contributed by atoms with Gasteiger partial charge in [-0.15, -0.1) is 0 Å². The first-order chi connectivity index (χ1) is 12.7. The molecular weight excluding hydrogens is 356 g/mol. The number of benzene rings is 1. The number of esters is 1. The first-order valence-corrected chi connectivity index (χ1v) is 8.38. The van der Waals surface area contributed by atoms with Crippen LogP contribution in [0.15, 0.2) is 24.3 Å². The van der Waals surface area contributed by atoms with E-state index in [1.165, 1.54) is 14.2 Å². The van der Waals surface area contributed by atoms with Crippen LogP contribution in [0.4, 0.5) is 9.59 Å². The van der Waals surface area contributed by atoms with E-state index in [-0.39, 0.29) is 0 Å².